The molecule has 0 heterocycles. The third-order valence-electron chi connectivity index (χ3n) is 4.74. The fraction of sp³-hybridized carbons (Fsp3) is 0.231. The molecule has 3 aromatic rings. The van der Waals surface area contributed by atoms with E-state index < -0.39 is 24.2 Å². The number of hydrogen-bond acceptors (Lipinski definition) is 5. The summed E-state index contributed by atoms with van der Waals surface area (Å²) in [4.78, 5) is 25.4. The largest absolute Gasteiger partial charge is 0.464 e. The molecular weight excluding hydrogens is 406 g/mol. The van der Waals surface area contributed by atoms with Crippen molar-refractivity contribution in [1.29, 1.82) is 0 Å². The fourth-order valence-electron chi connectivity index (χ4n) is 3.17. The predicted octanol–water partition coefficient (Wildman–Crippen LogP) is 4.80. The van der Waals surface area contributed by atoms with Gasteiger partial charge in [0.1, 0.15) is 6.61 Å². The molecule has 0 aliphatic rings. The van der Waals surface area contributed by atoms with Crippen LogP contribution in [-0.4, -0.2) is 24.8 Å². The van der Waals surface area contributed by atoms with Crippen molar-refractivity contribution in [3.8, 4) is 0 Å². The fourth-order valence-corrected chi connectivity index (χ4v) is 3.17. The lowest BCUT2D eigenvalue weighted by atomic mass is 10.0. The summed E-state index contributed by atoms with van der Waals surface area (Å²) in [6.45, 7) is 2.23. The molecule has 0 spiro atoms. The van der Waals surface area contributed by atoms with Crippen LogP contribution in [0.2, 0.25) is 0 Å². The van der Waals surface area contributed by atoms with Gasteiger partial charge in [0.15, 0.2) is 6.10 Å². The standard InChI is InChI=1S/C26H27NO5/c1-2-30-25(28)24(31-18-20-12-6-3-7-13-20)23(22-16-10-5-11-17-22)27-26(29)32-19-21-14-8-4-9-15-21/h3-17,23-24H,2,18-19H2,1H3,(H,27,29)/t23-,24+/m0/s1. The Morgan fingerprint density at radius 1 is 0.750 bits per heavy atom. The molecule has 0 radical (unpaired) electrons. The van der Waals surface area contributed by atoms with E-state index in [1.165, 1.54) is 0 Å². The molecule has 0 aliphatic carbocycles. The molecule has 0 saturated heterocycles. The molecule has 1 amide bonds. The lowest BCUT2D eigenvalue weighted by Gasteiger charge is -2.27. The number of benzene rings is 3. The van der Waals surface area contributed by atoms with Crippen LogP contribution in [0.4, 0.5) is 4.79 Å². The summed E-state index contributed by atoms with van der Waals surface area (Å²) < 4.78 is 16.6. The van der Waals surface area contributed by atoms with Crippen LogP contribution in [0.1, 0.15) is 29.7 Å². The molecule has 0 unspecified atom stereocenters. The summed E-state index contributed by atoms with van der Waals surface area (Å²) in [6.07, 6.45) is -1.71. The minimum absolute atomic E-state index is 0.114. The van der Waals surface area contributed by atoms with Crippen LogP contribution < -0.4 is 5.32 Å². The second-order valence-corrected chi connectivity index (χ2v) is 7.06. The van der Waals surface area contributed by atoms with Gasteiger partial charge in [0.25, 0.3) is 0 Å². The van der Waals surface area contributed by atoms with Gasteiger partial charge in [0.05, 0.1) is 19.3 Å². The van der Waals surface area contributed by atoms with Crippen LogP contribution in [0.3, 0.4) is 0 Å². The molecule has 0 saturated carbocycles. The number of carbonyl (C=O) groups excluding carboxylic acids is 2. The highest BCUT2D eigenvalue weighted by atomic mass is 16.6. The Hall–Kier alpha value is -3.64. The van der Waals surface area contributed by atoms with Crippen LogP contribution >= 0.6 is 0 Å². The van der Waals surface area contributed by atoms with E-state index in [0.29, 0.717) is 5.56 Å². The Kier molecular flexibility index (Phi) is 8.83. The highest BCUT2D eigenvalue weighted by molar-refractivity contribution is 5.78. The average molecular weight is 434 g/mol. The number of amides is 1. The van der Waals surface area contributed by atoms with Crippen molar-refractivity contribution in [2.75, 3.05) is 6.61 Å². The summed E-state index contributed by atoms with van der Waals surface area (Å²) in [5, 5.41) is 2.79. The van der Waals surface area contributed by atoms with E-state index in [-0.39, 0.29) is 19.8 Å². The molecule has 3 rings (SSSR count). The van der Waals surface area contributed by atoms with Gasteiger partial charge in [-0.15, -0.1) is 0 Å². The van der Waals surface area contributed by atoms with Gasteiger partial charge < -0.3 is 19.5 Å². The summed E-state index contributed by atoms with van der Waals surface area (Å²) in [5.41, 5.74) is 2.47. The third kappa shape index (κ3) is 6.96. The van der Waals surface area contributed by atoms with Crippen LogP contribution in [0, 0.1) is 0 Å². The molecule has 0 aromatic heterocycles. The van der Waals surface area contributed by atoms with Crippen molar-refractivity contribution in [2.45, 2.75) is 32.3 Å². The topological polar surface area (TPSA) is 73.9 Å². The van der Waals surface area contributed by atoms with E-state index in [9.17, 15) is 9.59 Å². The highest BCUT2D eigenvalue weighted by Gasteiger charge is 2.33. The molecule has 0 fully saturated rings. The molecule has 1 N–H and O–H groups in total. The zero-order valence-corrected chi connectivity index (χ0v) is 18.0. The maximum atomic E-state index is 12.8. The number of carbonyl (C=O) groups is 2. The predicted molar refractivity (Wildman–Crippen MR) is 121 cm³/mol. The van der Waals surface area contributed by atoms with Crippen LogP contribution in [0.5, 0.6) is 0 Å². The third-order valence-corrected chi connectivity index (χ3v) is 4.74. The lowest BCUT2D eigenvalue weighted by molar-refractivity contribution is -0.160. The maximum absolute atomic E-state index is 12.8. The van der Waals surface area contributed by atoms with E-state index in [2.05, 4.69) is 5.32 Å². The van der Waals surface area contributed by atoms with Crippen LogP contribution in [0.25, 0.3) is 0 Å². The molecule has 0 bridgehead atoms. The highest BCUT2D eigenvalue weighted by Crippen LogP contribution is 2.22. The van der Waals surface area contributed by atoms with Gasteiger partial charge in [0, 0.05) is 0 Å². The number of esters is 1. The number of nitrogens with one attached hydrogen (secondary N) is 1. The van der Waals surface area contributed by atoms with Gasteiger partial charge in [-0.1, -0.05) is 91.0 Å². The first kappa shape index (κ1) is 23.0. The lowest BCUT2D eigenvalue weighted by Crippen LogP contribution is -2.43. The van der Waals surface area contributed by atoms with Gasteiger partial charge in [-0.2, -0.15) is 0 Å². The van der Waals surface area contributed by atoms with Gasteiger partial charge in [0.2, 0.25) is 0 Å². The van der Waals surface area contributed by atoms with E-state index >= 15 is 0 Å². The Labute approximate surface area is 188 Å². The minimum atomic E-state index is -1.05. The van der Waals surface area contributed by atoms with Crippen molar-refractivity contribution in [1.82, 2.24) is 5.32 Å². The quantitative estimate of drug-likeness (QED) is 0.465. The smallest absolute Gasteiger partial charge is 0.408 e. The Balaban J connectivity index is 1.77. The second kappa shape index (κ2) is 12.3. The molecule has 32 heavy (non-hydrogen) atoms. The van der Waals surface area contributed by atoms with Crippen molar-refractivity contribution in [3.63, 3.8) is 0 Å². The van der Waals surface area contributed by atoms with Crippen molar-refractivity contribution < 1.29 is 23.8 Å². The van der Waals surface area contributed by atoms with Gasteiger partial charge >= 0.3 is 12.1 Å². The number of rotatable bonds is 10. The van der Waals surface area contributed by atoms with E-state index in [0.717, 1.165) is 11.1 Å². The van der Waals surface area contributed by atoms with Gasteiger partial charge in [-0.25, -0.2) is 9.59 Å². The molecule has 6 heteroatoms. The molecule has 0 aliphatic heterocycles. The molecule has 166 valence electrons. The van der Waals surface area contributed by atoms with Crippen molar-refractivity contribution >= 4 is 12.1 Å². The SMILES string of the molecule is CCOC(=O)[C@H](OCc1ccccc1)[C@@H](NC(=O)OCc1ccccc1)c1ccccc1. The zero-order valence-electron chi connectivity index (χ0n) is 18.0. The Morgan fingerprint density at radius 3 is 1.84 bits per heavy atom. The monoisotopic (exact) mass is 433 g/mol. The van der Waals surface area contributed by atoms with E-state index in [1.807, 2.05) is 91.0 Å². The number of alkyl carbamates (subject to hydrolysis) is 1. The number of hydrogen-bond donors (Lipinski definition) is 1. The summed E-state index contributed by atoms with van der Waals surface area (Å²) in [7, 11) is 0. The van der Waals surface area contributed by atoms with E-state index in [1.54, 1.807) is 6.92 Å². The molecular formula is C26H27NO5. The second-order valence-electron chi connectivity index (χ2n) is 7.06. The summed E-state index contributed by atoms with van der Waals surface area (Å²) >= 11 is 0. The maximum Gasteiger partial charge on any atom is 0.408 e. The first-order chi connectivity index (χ1) is 15.7. The molecule has 3 aromatic carbocycles. The van der Waals surface area contributed by atoms with E-state index in [4.69, 9.17) is 14.2 Å². The van der Waals surface area contributed by atoms with Gasteiger partial charge in [-0.3, -0.25) is 0 Å². The first-order valence-corrected chi connectivity index (χ1v) is 10.5. The van der Waals surface area contributed by atoms with Crippen molar-refractivity contribution in [3.05, 3.63) is 108 Å². The summed E-state index contributed by atoms with van der Waals surface area (Å²) in [6, 6.07) is 27.2. The Morgan fingerprint density at radius 2 is 1.28 bits per heavy atom. The zero-order chi connectivity index (χ0) is 22.6. The van der Waals surface area contributed by atoms with Crippen LogP contribution in [0.15, 0.2) is 91.0 Å². The van der Waals surface area contributed by atoms with Crippen LogP contribution in [-0.2, 0) is 32.2 Å². The summed E-state index contributed by atoms with van der Waals surface area (Å²) in [5.74, 6) is -0.555. The average Bonchev–Trinajstić information content (AvgIpc) is 2.84. The normalized spacial score (nSPS) is 12.4. The molecule has 2 atom stereocenters. The number of ether oxygens (including phenoxy) is 3. The molecule has 6 nitrogen and oxygen atoms in total. The first-order valence-electron chi connectivity index (χ1n) is 10.5. The minimum Gasteiger partial charge on any atom is -0.464 e. The van der Waals surface area contributed by atoms with Gasteiger partial charge in [-0.05, 0) is 23.6 Å². The Bertz CT molecular complexity index is 963. The van der Waals surface area contributed by atoms with Crippen molar-refractivity contribution in [2.24, 2.45) is 0 Å².